The summed E-state index contributed by atoms with van der Waals surface area (Å²) in [5, 5.41) is 8.31. The van der Waals surface area contributed by atoms with E-state index < -0.39 is 0 Å². The first-order chi connectivity index (χ1) is 9.40. The second-order valence-corrected chi connectivity index (χ2v) is 4.44. The molecule has 0 aliphatic heterocycles. The van der Waals surface area contributed by atoms with Crippen molar-refractivity contribution in [3.63, 3.8) is 0 Å². The summed E-state index contributed by atoms with van der Waals surface area (Å²) in [6.07, 6.45) is 8.42. The largest absolute Gasteiger partial charge is 0.331 e. The Hall–Kier alpha value is -2.43. The van der Waals surface area contributed by atoms with E-state index in [1.165, 1.54) is 5.56 Å². The molecule has 0 saturated carbocycles. The highest BCUT2D eigenvalue weighted by Crippen LogP contribution is 2.02. The number of rotatable bonds is 5. The zero-order valence-corrected chi connectivity index (χ0v) is 10.6. The molecule has 0 fully saturated rings. The summed E-state index contributed by atoms with van der Waals surface area (Å²) < 4.78 is 3.87. The van der Waals surface area contributed by atoms with E-state index >= 15 is 0 Å². The zero-order valence-electron chi connectivity index (χ0n) is 10.6. The van der Waals surface area contributed by atoms with Crippen LogP contribution >= 0.6 is 0 Å². The van der Waals surface area contributed by atoms with Crippen LogP contribution in [0, 0.1) is 0 Å². The van der Waals surface area contributed by atoms with Gasteiger partial charge in [-0.1, -0.05) is 35.5 Å². The summed E-state index contributed by atoms with van der Waals surface area (Å²) in [7, 11) is 0. The van der Waals surface area contributed by atoms with Crippen LogP contribution in [0.2, 0.25) is 0 Å². The van der Waals surface area contributed by atoms with Crippen molar-refractivity contribution in [2.75, 3.05) is 0 Å². The molecule has 0 aliphatic rings. The molecule has 0 atom stereocenters. The quantitative estimate of drug-likeness (QED) is 0.696. The van der Waals surface area contributed by atoms with E-state index in [-0.39, 0.29) is 0 Å². The van der Waals surface area contributed by atoms with Crippen molar-refractivity contribution in [2.45, 2.75) is 19.5 Å². The van der Waals surface area contributed by atoms with Crippen molar-refractivity contribution >= 4 is 0 Å². The summed E-state index contributed by atoms with van der Waals surface area (Å²) in [5.41, 5.74) is 2.26. The molecule has 3 rings (SSSR count). The zero-order chi connectivity index (χ0) is 12.9. The molecule has 0 amide bonds. The minimum atomic E-state index is 0.714. The van der Waals surface area contributed by atoms with Crippen LogP contribution in [-0.4, -0.2) is 24.5 Å². The fraction of sp³-hybridized carbons (Fsp3) is 0.214. The molecule has 2 heterocycles. The molecule has 0 saturated heterocycles. The first-order valence-corrected chi connectivity index (χ1v) is 6.29. The minimum Gasteiger partial charge on any atom is -0.331 e. The number of nitrogens with zero attached hydrogens (tertiary/aromatic N) is 5. The number of hydrogen-bond acceptors (Lipinski definition) is 3. The Kier molecular flexibility index (Phi) is 3.36. The monoisotopic (exact) mass is 253 g/mol. The third-order valence-electron chi connectivity index (χ3n) is 2.96. The van der Waals surface area contributed by atoms with Gasteiger partial charge in [0.2, 0.25) is 0 Å². The van der Waals surface area contributed by atoms with E-state index in [1.54, 1.807) is 12.5 Å². The highest BCUT2D eigenvalue weighted by atomic mass is 15.4. The van der Waals surface area contributed by atoms with E-state index in [1.807, 2.05) is 27.7 Å². The predicted molar refractivity (Wildman–Crippen MR) is 71.5 cm³/mol. The number of imidazole rings is 1. The van der Waals surface area contributed by atoms with Gasteiger partial charge < -0.3 is 4.57 Å². The molecule has 0 spiro atoms. The van der Waals surface area contributed by atoms with Gasteiger partial charge in [-0.05, 0) is 12.0 Å². The lowest BCUT2D eigenvalue weighted by atomic mass is 10.1. The molecule has 1 aromatic carbocycles. The van der Waals surface area contributed by atoms with E-state index in [4.69, 9.17) is 0 Å². The van der Waals surface area contributed by atoms with Crippen LogP contribution in [0.15, 0.2) is 55.2 Å². The van der Waals surface area contributed by atoms with Crippen molar-refractivity contribution in [1.29, 1.82) is 0 Å². The van der Waals surface area contributed by atoms with E-state index in [9.17, 15) is 0 Å². The first-order valence-electron chi connectivity index (χ1n) is 6.29. The van der Waals surface area contributed by atoms with Gasteiger partial charge in [0.15, 0.2) is 0 Å². The molecule has 5 heteroatoms. The van der Waals surface area contributed by atoms with Gasteiger partial charge in [0.25, 0.3) is 0 Å². The summed E-state index contributed by atoms with van der Waals surface area (Å²) in [4.78, 5) is 4.01. The number of hydrogen-bond donors (Lipinski definition) is 0. The van der Waals surface area contributed by atoms with Gasteiger partial charge in [0, 0.05) is 18.9 Å². The fourth-order valence-corrected chi connectivity index (χ4v) is 1.98. The van der Waals surface area contributed by atoms with Crippen LogP contribution in [0.25, 0.3) is 0 Å². The second-order valence-electron chi connectivity index (χ2n) is 4.44. The number of benzene rings is 1. The molecule has 0 N–H and O–H groups in total. The standard InChI is InChI=1S/C14H15N5/c1-2-4-13(5-3-1)6-8-19-11-14(16-17-19)10-18-9-7-15-12-18/h1-5,7,9,11-12H,6,8,10H2. The van der Waals surface area contributed by atoms with Gasteiger partial charge in [-0.25, -0.2) is 4.98 Å². The van der Waals surface area contributed by atoms with Crippen LogP contribution in [0.1, 0.15) is 11.3 Å². The molecule has 5 nitrogen and oxygen atoms in total. The summed E-state index contributed by atoms with van der Waals surface area (Å²) in [6.45, 7) is 1.56. The highest BCUT2D eigenvalue weighted by molar-refractivity contribution is 5.14. The Labute approximate surface area is 111 Å². The van der Waals surface area contributed by atoms with Gasteiger partial charge in [0.1, 0.15) is 5.69 Å². The first kappa shape index (κ1) is 11.6. The van der Waals surface area contributed by atoms with Crippen molar-refractivity contribution in [3.8, 4) is 0 Å². The number of aryl methyl sites for hydroxylation is 2. The average Bonchev–Trinajstić information content (AvgIpc) is 3.10. The van der Waals surface area contributed by atoms with Crippen LogP contribution < -0.4 is 0 Å². The number of aromatic nitrogens is 5. The molecule has 0 bridgehead atoms. The summed E-state index contributed by atoms with van der Waals surface area (Å²) in [6, 6.07) is 10.4. The van der Waals surface area contributed by atoms with Gasteiger partial charge >= 0.3 is 0 Å². The summed E-state index contributed by atoms with van der Waals surface area (Å²) in [5.74, 6) is 0. The smallest absolute Gasteiger partial charge is 0.102 e. The lowest BCUT2D eigenvalue weighted by Crippen LogP contribution is -2.02. The summed E-state index contributed by atoms with van der Waals surface area (Å²) >= 11 is 0. The Morgan fingerprint density at radius 1 is 1.11 bits per heavy atom. The van der Waals surface area contributed by atoms with E-state index in [2.05, 4.69) is 39.6 Å². The van der Waals surface area contributed by atoms with Gasteiger partial charge in [0.05, 0.1) is 19.1 Å². The molecule has 2 aromatic heterocycles. The van der Waals surface area contributed by atoms with Gasteiger partial charge in [-0.2, -0.15) is 0 Å². The Morgan fingerprint density at radius 3 is 2.79 bits per heavy atom. The molecular formula is C14H15N5. The SMILES string of the molecule is c1ccc(CCn2cc(Cn3ccnc3)nn2)cc1. The maximum absolute atomic E-state index is 4.17. The third-order valence-corrected chi connectivity index (χ3v) is 2.96. The van der Waals surface area contributed by atoms with Crippen molar-refractivity contribution in [1.82, 2.24) is 24.5 Å². The Balaban J connectivity index is 1.59. The van der Waals surface area contributed by atoms with Crippen LogP contribution in [-0.2, 0) is 19.5 Å². The molecule has 19 heavy (non-hydrogen) atoms. The average molecular weight is 253 g/mol. The maximum Gasteiger partial charge on any atom is 0.102 e. The molecular weight excluding hydrogens is 238 g/mol. The second kappa shape index (κ2) is 5.48. The minimum absolute atomic E-state index is 0.714. The van der Waals surface area contributed by atoms with Crippen molar-refractivity contribution in [3.05, 3.63) is 66.5 Å². The van der Waals surface area contributed by atoms with E-state index in [0.29, 0.717) is 6.54 Å². The molecule has 0 aliphatic carbocycles. The topological polar surface area (TPSA) is 48.5 Å². The predicted octanol–water partition coefficient (Wildman–Crippen LogP) is 1.77. The molecule has 3 aromatic rings. The highest BCUT2D eigenvalue weighted by Gasteiger charge is 2.01. The van der Waals surface area contributed by atoms with Crippen LogP contribution in [0.3, 0.4) is 0 Å². The Bertz CT molecular complexity index is 612. The van der Waals surface area contributed by atoms with Crippen molar-refractivity contribution < 1.29 is 0 Å². The Morgan fingerprint density at radius 2 is 2.00 bits per heavy atom. The lowest BCUT2D eigenvalue weighted by molar-refractivity contribution is 0.589. The van der Waals surface area contributed by atoms with Gasteiger partial charge in [-0.3, -0.25) is 4.68 Å². The molecule has 0 unspecified atom stereocenters. The normalized spacial score (nSPS) is 10.7. The van der Waals surface area contributed by atoms with E-state index in [0.717, 1.165) is 18.7 Å². The maximum atomic E-state index is 4.17. The molecule has 0 radical (unpaired) electrons. The lowest BCUT2D eigenvalue weighted by Gasteiger charge is -2.00. The fourth-order valence-electron chi connectivity index (χ4n) is 1.98. The van der Waals surface area contributed by atoms with Crippen molar-refractivity contribution in [2.24, 2.45) is 0 Å². The molecule has 96 valence electrons. The third kappa shape index (κ3) is 3.07. The van der Waals surface area contributed by atoms with Crippen LogP contribution in [0.4, 0.5) is 0 Å². The van der Waals surface area contributed by atoms with Gasteiger partial charge in [-0.15, -0.1) is 5.10 Å². The van der Waals surface area contributed by atoms with Crippen LogP contribution in [0.5, 0.6) is 0 Å².